The Morgan fingerprint density at radius 3 is 2.40 bits per heavy atom. The van der Waals surface area contributed by atoms with E-state index in [4.69, 9.17) is 4.74 Å². The molecular formula is C10H18F3NO. The summed E-state index contributed by atoms with van der Waals surface area (Å²) < 4.78 is 40.0. The predicted molar refractivity (Wildman–Crippen MR) is 51.7 cm³/mol. The van der Waals surface area contributed by atoms with Gasteiger partial charge in [-0.15, -0.1) is 0 Å². The smallest absolute Gasteiger partial charge is 0.380 e. The van der Waals surface area contributed by atoms with E-state index in [0.717, 1.165) is 0 Å². The van der Waals surface area contributed by atoms with E-state index >= 15 is 0 Å². The molecule has 1 aliphatic rings. The van der Waals surface area contributed by atoms with Crippen molar-refractivity contribution in [3.63, 3.8) is 0 Å². The average Bonchev–Trinajstić information content (AvgIpc) is 2.61. The molecule has 0 radical (unpaired) electrons. The molecule has 0 unspecified atom stereocenters. The van der Waals surface area contributed by atoms with E-state index < -0.39 is 12.6 Å². The van der Waals surface area contributed by atoms with Gasteiger partial charge in [0.05, 0.1) is 19.6 Å². The van der Waals surface area contributed by atoms with E-state index in [1.807, 2.05) is 0 Å². The van der Waals surface area contributed by atoms with Crippen LogP contribution in [0.15, 0.2) is 0 Å². The summed E-state index contributed by atoms with van der Waals surface area (Å²) in [6.07, 6.45) is -0.0698. The van der Waals surface area contributed by atoms with Crippen molar-refractivity contribution < 1.29 is 17.9 Å². The minimum absolute atomic E-state index is 0.226. The monoisotopic (exact) mass is 225 g/mol. The van der Waals surface area contributed by atoms with Crippen molar-refractivity contribution in [3.8, 4) is 0 Å². The summed E-state index contributed by atoms with van der Waals surface area (Å²) in [4.78, 5) is 0. The number of halogens is 3. The van der Waals surface area contributed by atoms with E-state index in [9.17, 15) is 13.2 Å². The van der Waals surface area contributed by atoms with E-state index in [0.29, 0.717) is 19.2 Å². The SMILES string of the molecule is FC(F)(F)CCOCCNC1CCCC1. The molecule has 5 heteroatoms. The lowest BCUT2D eigenvalue weighted by molar-refractivity contribution is -0.145. The molecule has 0 heterocycles. The van der Waals surface area contributed by atoms with E-state index in [1.165, 1.54) is 25.7 Å². The largest absolute Gasteiger partial charge is 0.391 e. The summed E-state index contributed by atoms with van der Waals surface area (Å²) in [7, 11) is 0. The molecule has 15 heavy (non-hydrogen) atoms. The third-order valence-corrected chi connectivity index (χ3v) is 2.56. The van der Waals surface area contributed by atoms with Gasteiger partial charge >= 0.3 is 6.18 Å². The fourth-order valence-corrected chi connectivity index (χ4v) is 1.76. The highest BCUT2D eigenvalue weighted by Crippen LogP contribution is 2.19. The standard InChI is InChI=1S/C10H18F3NO/c11-10(12,13)5-7-15-8-6-14-9-3-1-2-4-9/h9,14H,1-8H2. The molecule has 0 aromatic rings. The molecular weight excluding hydrogens is 207 g/mol. The Labute approximate surface area is 88.2 Å². The maximum absolute atomic E-state index is 11.7. The van der Waals surface area contributed by atoms with Crippen LogP contribution in [0.1, 0.15) is 32.1 Å². The van der Waals surface area contributed by atoms with Crippen LogP contribution in [-0.4, -0.2) is 32.0 Å². The summed E-state index contributed by atoms with van der Waals surface area (Å²) in [5.41, 5.74) is 0. The third-order valence-electron chi connectivity index (χ3n) is 2.56. The first-order valence-electron chi connectivity index (χ1n) is 5.46. The second-order valence-electron chi connectivity index (χ2n) is 3.91. The van der Waals surface area contributed by atoms with Crippen LogP contribution in [0.3, 0.4) is 0 Å². The van der Waals surface area contributed by atoms with Crippen LogP contribution in [0.5, 0.6) is 0 Å². The van der Waals surface area contributed by atoms with Crippen LogP contribution in [0.25, 0.3) is 0 Å². The summed E-state index contributed by atoms with van der Waals surface area (Å²) >= 11 is 0. The molecule has 0 bridgehead atoms. The molecule has 1 saturated carbocycles. The third kappa shape index (κ3) is 6.73. The fraction of sp³-hybridized carbons (Fsp3) is 1.00. The molecule has 0 aliphatic heterocycles. The Kier molecular flexibility index (Phi) is 5.39. The van der Waals surface area contributed by atoms with Gasteiger partial charge in [-0.25, -0.2) is 0 Å². The second-order valence-corrected chi connectivity index (χ2v) is 3.91. The van der Waals surface area contributed by atoms with Crippen LogP contribution >= 0.6 is 0 Å². The maximum Gasteiger partial charge on any atom is 0.391 e. The summed E-state index contributed by atoms with van der Waals surface area (Å²) in [6, 6.07) is 0.552. The van der Waals surface area contributed by atoms with Gasteiger partial charge in [0.15, 0.2) is 0 Å². The van der Waals surface area contributed by atoms with Gasteiger partial charge < -0.3 is 10.1 Å². The zero-order valence-electron chi connectivity index (χ0n) is 8.78. The highest BCUT2D eigenvalue weighted by atomic mass is 19.4. The van der Waals surface area contributed by atoms with Crippen molar-refractivity contribution in [2.45, 2.75) is 44.3 Å². The lowest BCUT2D eigenvalue weighted by Crippen LogP contribution is -2.29. The van der Waals surface area contributed by atoms with E-state index in [2.05, 4.69) is 5.32 Å². The lowest BCUT2D eigenvalue weighted by atomic mass is 10.2. The number of hydrogen-bond donors (Lipinski definition) is 1. The van der Waals surface area contributed by atoms with Gasteiger partial charge in [0.2, 0.25) is 0 Å². The van der Waals surface area contributed by atoms with Crippen LogP contribution < -0.4 is 5.32 Å². The zero-order valence-corrected chi connectivity index (χ0v) is 8.78. The molecule has 0 amide bonds. The van der Waals surface area contributed by atoms with Crippen LogP contribution in [-0.2, 0) is 4.74 Å². The molecule has 1 rings (SSSR count). The van der Waals surface area contributed by atoms with Gasteiger partial charge in [0.1, 0.15) is 0 Å². The van der Waals surface area contributed by atoms with Crippen LogP contribution in [0, 0.1) is 0 Å². The molecule has 0 aromatic heterocycles. The van der Waals surface area contributed by atoms with E-state index in [-0.39, 0.29) is 6.61 Å². The highest BCUT2D eigenvalue weighted by molar-refractivity contribution is 4.72. The van der Waals surface area contributed by atoms with Crippen LogP contribution in [0.4, 0.5) is 13.2 Å². The first-order chi connectivity index (χ1) is 7.08. The average molecular weight is 225 g/mol. The number of ether oxygens (including phenoxy) is 1. The second kappa shape index (κ2) is 6.33. The van der Waals surface area contributed by atoms with Gasteiger partial charge in [0.25, 0.3) is 0 Å². The van der Waals surface area contributed by atoms with Gasteiger partial charge in [-0.2, -0.15) is 13.2 Å². The molecule has 1 N–H and O–H groups in total. The summed E-state index contributed by atoms with van der Waals surface area (Å²) in [5.74, 6) is 0. The van der Waals surface area contributed by atoms with Crippen molar-refractivity contribution in [2.24, 2.45) is 0 Å². The number of rotatable bonds is 6. The summed E-state index contributed by atoms with van der Waals surface area (Å²) in [5, 5.41) is 3.27. The fourth-order valence-electron chi connectivity index (χ4n) is 1.76. The first kappa shape index (κ1) is 12.8. The molecule has 0 atom stereocenters. The predicted octanol–water partition coefficient (Wildman–Crippen LogP) is 2.49. The van der Waals surface area contributed by atoms with E-state index in [1.54, 1.807) is 0 Å². The molecule has 1 aliphatic carbocycles. The Morgan fingerprint density at radius 2 is 1.80 bits per heavy atom. The molecule has 0 spiro atoms. The number of nitrogens with one attached hydrogen (secondary N) is 1. The van der Waals surface area contributed by atoms with Crippen molar-refractivity contribution >= 4 is 0 Å². The van der Waals surface area contributed by atoms with Gasteiger partial charge in [0, 0.05) is 12.6 Å². The van der Waals surface area contributed by atoms with Crippen molar-refractivity contribution in [2.75, 3.05) is 19.8 Å². The minimum Gasteiger partial charge on any atom is -0.380 e. The number of alkyl halides is 3. The Balaban J connectivity index is 1.84. The van der Waals surface area contributed by atoms with Crippen LogP contribution in [0.2, 0.25) is 0 Å². The first-order valence-corrected chi connectivity index (χ1v) is 5.46. The molecule has 0 saturated heterocycles. The molecule has 2 nitrogen and oxygen atoms in total. The quantitative estimate of drug-likeness (QED) is 0.701. The molecule has 0 aromatic carbocycles. The molecule has 90 valence electrons. The maximum atomic E-state index is 11.7. The van der Waals surface area contributed by atoms with Gasteiger partial charge in [-0.3, -0.25) is 0 Å². The Bertz CT molecular complexity index is 167. The topological polar surface area (TPSA) is 21.3 Å². The Morgan fingerprint density at radius 1 is 1.13 bits per heavy atom. The minimum atomic E-state index is -4.10. The lowest BCUT2D eigenvalue weighted by Gasteiger charge is -2.12. The van der Waals surface area contributed by atoms with Crippen molar-refractivity contribution in [1.29, 1.82) is 0 Å². The number of hydrogen-bond acceptors (Lipinski definition) is 2. The molecule has 1 fully saturated rings. The van der Waals surface area contributed by atoms with Gasteiger partial charge in [-0.05, 0) is 12.8 Å². The van der Waals surface area contributed by atoms with Gasteiger partial charge in [-0.1, -0.05) is 12.8 Å². The normalized spacial score (nSPS) is 18.6. The van der Waals surface area contributed by atoms with Crippen molar-refractivity contribution in [1.82, 2.24) is 5.32 Å². The zero-order chi connectivity index (χ0) is 11.1. The summed E-state index contributed by atoms with van der Waals surface area (Å²) in [6.45, 7) is 0.797. The highest BCUT2D eigenvalue weighted by Gasteiger charge is 2.26. The van der Waals surface area contributed by atoms with Crippen molar-refractivity contribution in [3.05, 3.63) is 0 Å². The Hall–Kier alpha value is -0.290.